The molecule has 0 aliphatic carbocycles. The molecular formula is C22H21ClO5S. The quantitative estimate of drug-likeness (QED) is 0.302. The average Bonchev–Trinajstić information content (AvgIpc) is 3.28. The molecule has 1 atom stereocenters. The number of carbonyl (C=O) groups excluding carboxylic acids is 1. The summed E-state index contributed by atoms with van der Waals surface area (Å²) in [7, 11) is 4.69. The standard InChI is InChI=1S/C22H21ClO5S/c1-25-19-11-14(12-20(26-2)22(19)27-3)21(13-17(24)18-5-4-10-28-18)29-16-8-6-15(23)7-9-16/h4-12,21H,13H2,1-3H3/t21-/m0/s1. The van der Waals surface area contributed by atoms with E-state index >= 15 is 0 Å². The lowest BCUT2D eigenvalue weighted by Crippen LogP contribution is -2.06. The molecule has 152 valence electrons. The number of furan rings is 1. The van der Waals surface area contributed by atoms with Gasteiger partial charge in [-0.2, -0.15) is 0 Å². The van der Waals surface area contributed by atoms with Crippen molar-refractivity contribution in [3.8, 4) is 17.2 Å². The summed E-state index contributed by atoms with van der Waals surface area (Å²) in [6.45, 7) is 0. The minimum Gasteiger partial charge on any atom is -0.493 e. The van der Waals surface area contributed by atoms with Crippen LogP contribution in [0.1, 0.15) is 27.8 Å². The topological polar surface area (TPSA) is 57.9 Å². The summed E-state index contributed by atoms with van der Waals surface area (Å²) in [4.78, 5) is 13.7. The van der Waals surface area contributed by atoms with Gasteiger partial charge in [0, 0.05) is 21.6 Å². The van der Waals surface area contributed by atoms with Gasteiger partial charge in [0.15, 0.2) is 23.0 Å². The fourth-order valence-corrected chi connectivity index (χ4v) is 4.15. The zero-order chi connectivity index (χ0) is 20.8. The van der Waals surface area contributed by atoms with Gasteiger partial charge in [0.05, 0.1) is 27.6 Å². The second-order valence-electron chi connectivity index (χ2n) is 6.12. The molecule has 3 aromatic rings. The normalized spacial score (nSPS) is 11.7. The molecule has 29 heavy (non-hydrogen) atoms. The van der Waals surface area contributed by atoms with Crippen molar-refractivity contribution in [3.63, 3.8) is 0 Å². The Morgan fingerprint density at radius 1 is 1.03 bits per heavy atom. The summed E-state index contributed by atoms with van der Waals surface area (Å²) >= 11 is 7.56. The van der Waals surface area contributed by atoms with Gasteiger partial charge in [-0.3, -0.25) is 4.79 Å². The van der Waals surface area contributed by atoms with Crippen molar-refractivity contribution in [2.45, 2.75) is 16.6 Å². The van der Waals surface area contributed by atoms with E-state index in [0.29, 0.717) is 28.0 Å². The van der Waals surface area contributed by atoms with Crippen LogP contribution in [-0.4, -0.2) is 27.1 Å². The number of thioether (sulfide) groups is 1. The Balaban J connectivity index is 1.99. The molecule has 3 rings (SSSR count). The molecule has 0 spiro atoms. The number of hydrogen-bond acceptors (Lipinski definition) is 6. The molecule has 5 nitrogen and oxygen atoms in total. The zero-order valence-corrected chi connectivity index (χ0v) is 17.9. The van der Waals surface area contributed by atoms with Crippen LogP contribution in [0.4, 0.5) is 0 Å². The number of ether oxygens (including phenoxy) is 3. The van der Waals surface area contributed by atoms with Crippen molar-refractivity contribution in [3.05, 3.63) is 71.1 Å². The fraction of sp³-hybridized carbons (Fsp3) is 0.227. The minimum absolute atomic E-state index is 0.0878. The van der Waals surface area contributed by atoms with Gasteiger partial charge in [-0.25, -0.2) is 0 Å². The van der Waals surface area contributed by atoms with E-state index in [4.69, 9.17) is 30.2 Å². The van der Waals surface area contributed by atoms with Gasteiger partial charge < -0.3 is 18.6 Å². The monoisotopic (exact) mass is 432 g/mol. The fourth-order valence-electron chi connectivity index (χ4n) is 2.90. The van der Waals surface area contributed by atoms with Crippen molar-refractivity contribution in [1.82, 2.24) is 0 Å². The number of Topliss-reactive ketones (excluding diaryl/α,β-unsaturated/α-hetero) is 1. The Bertz CT molecular complexity index is 929. The number of benzene rings is 2. The van der Waals surface area contributed by atoms with Crippen molar-refractivity contribution >= 4 is 29.1 Å². The van der Waals surface area contributed by atoms with E-state index in [-0.39, 0.29) is 17.5 Å². The van der Waals surface area contributed by atoms with E-state index in [1.807, 2.05) is 36.4 Å². The van der Waals surface area contributed by atoms with E-state index in [2.05, 4.69) is 0 Å². The molecule has 0 radical (unpaired) electrons. The molecule has 1 heterocycles. The van der Waals surface area contributed by atoms with Crippen LogP contribution < -0.4 is 14.2 Å². The van der Waals surface area contributed by atoms with E-state index in [9.17, 15) is 4.79 Å². The molecular weight excluding hydrogens is 412 g/mol. The summed E-state index contributed by atoms with van der Waals surface area (Å²) in [6.07, 6.45) is 1.73. The summed E-state index contributed by atoms with van der Waals surface area (Å²) in [5, 5.41) is 0.452. The molecule has 0 amide bonds. The minimum atomic E-state index is -0.206. The molecule has 0 aliphatic heterocycles. The van der Waals surface area contributed by atoms with Gasteiger partial charge in [0.2, 0.25) is 5.75 Å². The second kappa shape index (κ2) is 9.76. The number of hydrogen-bond donors (Lipinski definition) is 0. The lowest BCUT2D eigenvalue weighted by molar-refractivity contribution is 0.0955. The van der Waals surface area contributed by atoms with Crippen LogP contribution in [0.3, 0.4) is 0 Å². The van der Waals surface area contributed by atoms with Gasteiger partial charge >= 0.3 is 0 Å². The first kappa shape index (κ1) is 21.1. The van der Waals surface area contributed by atoms with Crippen molar-refractivity contribution in [1.29, 1.82) is 0 Å². The Morgan fingerprint density at radius 2 is 1.69 bits per heavy atom. The first-order valence-corrected chi connectivity index (χ1v) is 10.1. The van der Waals surface area contributed by atoms with Crippen molar-refractivity contribution < 1.29 is 23.4 Å². The van der Waals surface area contributed by atoms with Crippen LogP contribution in [0.5, 0.6) is 17.2 Å². The molecule has 2 aromatic carbocycles. The number of ketones is 1. The Hall–Kier alpha value is -2.57. The van der Waals surface area contributed by atoms with Crippen LogP contribution in [0, 0.1) is 0 Å². The molecule has 7 heteroatoms. The van der Waals surface area contributed by atoms with Gasteiger partial charge in [-0.1, -0.05) is 11.6 Å². The average molecular weight is 433 g/mol. The first-order chi connectivity index (χ1) is 14.0. The van der Waals surface area contributed by atoms with E-state index in [1.54, 1.807) is 45.2 Å². The maximum absolute atomic E-state index is 12.8. The van der Waals surface area contributed by atoms with Gasteiger partial charge in [-0.15, -0.1) is 11.8 Å². The molecule has 0 unspecified atom stereocenters. The number of rotatable bonds is 9. The van der Waals surface area contributed by atoms with Crippen LogP contribution in [0.25, 0.3) is 0 Å². The highest BCUT2D eigenvalue weighted by Gasteiger charge is 2.24. The number of halogens is 1. The summed E-state index contributed by atoms with van der Waals surface area (Å²) in [5.74, 6) is 1.82. The van der Waals surface area contributed by atoms with Crippen LogP contribution in [0.2, 0.25) is 5.02 Å². The lowest BCUT2D eigenvalue weighted by Gasteiger charge is -2.20. The largest absolute Gasteiger partial charge is 0.493 e. The molecule has 0 N–H and O–H groups in total. The number of carbonyl (C=O) groups is 1. The van der Waals surface area contributed by atoms with E-state index < -0.39 is 0 Å². The van der Waals surface area contributed by atoms with Crippen LogP contribution in [-0.2, 0) is 0 Å². The highest BCUT2D eigenvalue weighted by atomic mass is 35.5. The molecule has 0 saturated heterocycles. The van der Waals surface area contributed by atoms with Gasteiger partial charge in [0.25, 0.3) is 0 Å². The highest BCUT2D eigenvalue weighted by Crippen LogP contribution is 2.45. The van der Waals surface area contributed by atoms with Crippen molar-refractivity contribution in [2.24, 2.45) is 0 Å². The molecule has 0 aliphatic rings. The van der Waals surface area contributed by atoms with Crippen LogP contribution in [0.15, 0.2) is 64.1 Å². The predicted molar refractivity (Wildman–Crippen MR) is 114 cm³/mol. The maximum atomic E-state index is 12.8. The smallest absolute Gasteiger partial charge is 0.203 e. The van der Waals surface area contributed by atoms with Gasteiger partial charge in [-0.05, 0) is 54.1 Å². The number of methoxy groups -OCH3 is 3. The predicted octanol–water partition coefficient (Wildman–Crippen LogP) is 6.07. The Kier molecular flexibility index (Phi) is 7.12. The van der Waals surface area contributed by atoms with E-state index in [0.717, 1.165) is 10.5 Å². The second-order valence-corrected chi connectivity index (χ2v) is 7.84. The zero-order valence-electron chi connectivity index (χ0n) is 16.3. The third kappa shape index (κ3) is 5.08. The molecule has 0 fully saturated rings. The third-order valence-corrected chi connectivity index (χ3v) is 5.84. The Morgan fingerprint density at radius 3 is 2.21 bits per heavy atom. The molecule has 0 bridgehead atoms. The SMILES string of the molecule is COc1cc([C@H](CC(=O)c2ccco2)Sc2ccc(Cl)cc2)cc(OC)c1OC. The van der Waals surface area contributed by atoms with E-state index in [1.165, 1.54) is 6.26 Å². The van der Waals surface area contributed by atoms with Crippen molar-refractivity contribution in [2.75, 3.05) is 21.3 Å². The summed E-state index contributed by atoms with van der Waals surface area (Å²) in [5.41, 5.74) is 0.874. The van der Waals surface area contributed by atoms with Gasteiger partial charge in [0.1, 0.15) is 0 Å². The summed E-state index contributed by atoms with van der Waals surface area (Å²) in [6, 6.07) is 14.6. The first-order valence-electron chi connectivity index (χ1n) is 8.84. The highest BCUT2D eigenvalue weighted by molar-refractivity contribution is 7.99. The summed E-state index contributed by atoms with van der Waals surface area (Å²) < 4.78 is 21.6. The Labute approximate surface area is 178 Å². The lowest BCUT2D eigenvalue weighted by atomic mass is 10.0. The molecule has 1 aromatic heterocycles. The maximum Gasteiger partial charge on any atom is 0.203 e. The third-order valence-electron chi connectivity index (χ3n) is 4.32. The van der Waals surface area contributed by atoms with Crippen LogP contribution >= 0.6 is 23.4 Å². The molecule has 0 saturated carbocycles.